The highest BCUT2D eigenvalue weighted by atomic mass is 16.5. The second-order valence-electron chi connectivity index (χ2n) is 7.82. The Hall–Kier alpha value is -4.02. The number of methoxy groups -OCH3 is 1. The minimum atomic E-state index is -0.383. The van der Waals surface area contributed by atoms with Crippen LogP contribution in [0.25, 0.3) is 11.4 Å². The summed E-state index contributed by atoms with van der Waals surface area (Å²) in [5.74, 6) is 1.00. The number of carbonyl (C=O) groups excluding carboxylic acids is 2. The number of benzene rings is 1. The minimum Gasteiger partial charge on any atom is -0.494 e. The first-order valence-electron chi connectivity index (χ1n) is 10.3. The van der Waals surface area contributed by atoms with Crippen LogP contribution in [0.4, 0.5) is 17.2 Å². The summed E-state index contributed by atoms with van der Waals surface area (Å²) in [5.41, 5.74) is 3.66. The quantitative estimate of drug-likeness (QED) is 0.431. The van der Waals surface area contributed by atoms with Gasteiger partial charge < -0.3 is 20.7 Å². The molecule has 1 aliphatic heterocycles. The van der Waals surface area contributed by atoms with Crippen LogP contribution in [0.15, 0.2) is 18.5 Å². The van der Waals surface area contributed by atoms with Crippen LogP contribution in [0.3, 0.4) is 0 Å². The normalized spacial score (nSPS) is 14.1. The summed E-state index contributed by atoms with van der Waals surface area (Å²) in [6.07, 6.45) is 3.80. The molecule has 11 nitrogen and oxygen atoms in total. The van der Waals surface area contributed by atoms with E-state index in [1.54, 1.807) is 25.2 Å². The van der Waals surface area contributed by atoms with E-state index in [9.17, 15) is 9.59 Å². The van der Waals surface area contributed by atoms with Crippen molar-refractivity contribution < 1.29 is 14.3 Å². The molecule has 32 heavy (non-hydrogen) atoms. The molecular weight excluding hydrogens is 412 g/mol. The molecule has 2 amide bonds. The molecule has 1 aliphatic carbocycles. The van der Waals surface area contributed by atoms with Crippen molar-refractivity contribution in [2.24, 2.45) is 13.0 Å². The molecule has 2 aromatic heterocycles. The van der Waals surface area contributed by atoms with Gasteiger partial charge in [0.2, 0.25) is 5.91 Å². The first kappa shape index (κ1) is 19.9. The lowest BCUT2D eigenvalue weighted by Gasteiger charge is -2.26. The number of carbonyl (C=O) groups is 2. The molecule has 1 fully saturated rings. The predicted octanol–water partition coefficient (Wildman–Crippen LogP) is 1.64. The number of aromatic nitrogens is 5. The predicted molar refractivity (Wildman–Crippen MR) is 116 cm³/mol. The molecular formula is C21H22N8O3. The van der Waals surface area contributed by atoms with E-state index >= 15 is 0 Å². The Bertz CT molecular complexity index is 1250. The number of rotatable bonds is 5. The Labute approximate surface area is 183 Å². The van der Waals surface area contributed by atoms with Gasteiger partial charge in [-0.15, -0.1) is 10.2 Å². The minimum absolute atomic E-state index is 0.0171. The fourth-order valence-electron chi connectivity index (χ4n) is 3.79. The fourth-order valence-corrected chi connectivity index (χ4v) is 3.79. The van der Waals surface area contributed by atoms with Gasteiger partial charge in [0.15, 0.2) is 23.1 Å². The average Bonchev–Trinajstić information content (AvgIpc) is 3.57. The Morgan fingerprint density at radius 1 is 1.22 bits per heavy atom. The molecule has 0 bridgehead atoms. The lowest BCUT2D eigenvalue weighted by molar-refractivity contribution is -0.117. The fraction of sp³-hybridized carbons (Fsp3) is 0.333. The van der Waals surface area contributed by atoms with E-state index < -0.39 is 0 Å². The summed E-state index contributed by atoms with van der Waals surface area (Å²) < 4.78 is 7.34. The summed E-state index contributed by atoms with van der Waals surface area (Å²) in [5, 5.41) is 21.4. The van der Waals surface area contributed by atoms with Gasteiger partial charge >= 0.3 is 0 Å². The standard InChI is InChI=1S/C21H22N8O3/c1-22-21(31)16-15-13(19(27-26-16)25-20(30)10-4-5-10)8-11-6-7-12(17(32-3)14(11)24-15)18-23-9-29(2)28-18/h6-7,9-10,24H,4-5,8H2,1-3H3,(H,22,31)(H,25,27,30). The topological polar surface area (TPSA) is 136 Å². The van der Waals surface area contributed by atoms with E-state index in [-0.39, 0.29) is 23.4 Å². The number of hydrogen-bond donors (Lipinski definition) is 3. The van der Waals surface area contributed by atoms with Crippen molar-refractivity contribution in [3.8, 4) is 17.1 Å². The third-order valence-corrected chi connectivity index (χ3v) is 5.61. The average molecular weight is 434 g/mol. The largest absolute Gasteiger partial charge is 0.494 e. The second kappa shape index (κ2) is 7.59. The van der Waals surface area contributed by atoms with E-state index in [0.717, 1.165) is 18.4 Å². The highest BCUT2D eigenvalue weighted by Gasteiger charge is 2.33. The number of aryl methyl sites for hydroxylation is 1. The van der Waals surface area contributed by atoms with E-state index in [2.05, 4.69) is 36.2 Å². The van der Waals surface area contributed by atoms with Crippen molar-refractivity contribution in [2.45, 2.75) is 19.3 Å². The molecule has 0 unspecified atom stereocenters. The molecule has 11 heteroatoms. The molecule has 0 spiro atoms. The smallest absolute Gasteiger partial charge is 0.273 e. The van der Waals surface area contributed by atoms with Crippen molar-refractivity contribution in [1.82, 2.24) is 30.3 Å². The number of nitrogens with one attached hydrogen (secondary N) is 3. The first-order chi connectivity index (χ1) is 15.5. The molecule has 0 saturated heterocycles. The number of fused-ring (bicyclic) bond motifs is 2. The molecule has 164 valence electrons. The monoisotopic (exact) mass is 434 g/mol. The van der Waals surface area contributed by atoms with Crippen LogP contribution < -0.4 is 20.7 Å². The molecule has 3 heterocycles. The Morgan fingerprint density at radius 2 is 2.03 bits per heavy atom. The Kier molecular flexibility index (Phi) is 4.72. The van der Waals surface area contributed by atoms with E-state index in [4.69, 9.17) is 4.74 Å². The van der Waals surface area contributed by atoms with Gasteiger partial charge in [0.1, 0.15) is 6.33 Å². The maximum Gasteiger partial charge on any atom is 0.273 e. The number of ether oxygens (including phenoxy) is 1. The van der Waals surface area contributed by atoms with E-state index in [0.29, 0.717) is 46.3 Å². The van der Waals surface area contributed by atoms with Gasteiger partial charge in [0, 0.05) is 32.0 Å². The van der Waals surface area contributed by atoms with E-state index in [1.807, 2.05) is 12.1 Å². The van der Waals surface area contributed by atoms with Crippen molar-refractivity contribution in [3.05, 3.63) is 35.3 Å². The lowest BCUT2D eigenvalue weighted by atomic mass is 9.94. The Balaban J connectivity index is 1.61. The third kappa shape index (κ3) is 3.31. The molecule has 3 N–H and O–H groups in total. The lowest BCUT2D eigenvalue weighted by Crippen LogP contribution is -2.26. The third-order valence-electron chi connectivity index (χ3n) is 5.61. The summed E-state index contributed by atoms with van der Waals surface area (Å²) in [4.78, 5) is 29.2. The highest BCUT2D eigenvalue weighted by Crippen LogP contribution is 2.45. The zero-order chi connectivity index (χ0) is 22.4. The molecule has 1 saturated carbocycles. The van der Waals surface area contributed by atoms with Crippen LogP contribution in [0.5, 0.6) is 5.75 Å². The van der Waals surface area contributed by atoms with Crippen LogP contribution in [0.1, 0.15) is 34.5 Å². The number of nitrogens with zero attached hydrogens (tertiary/aromatic N) is 5. The summed E-state index contributed by atoms with van der Waals surface area (Å²) in [6, 6.07) is 3.85. The van der Waals surface area contributed by atoms with Gasteiger partial charge in [0.25, 0.3) is 5.91 Å². The zero-order valence-electron chi connectivity index (χ0n) is 17.9. The summed E-state index contributed by atoms with van der Waals surface area (Å²) in [7, 11) is 4.90. The molecule has 2 aliphatic rings. The van der Waals surface area contributed by atoms with Gasteiger partial charge in [-0.2, -0.15) is 5.10 Å². The Morgan fingerprint density at radius 3 is 2.69 bits per heavy atom. The van der Waals surface area contributed by atoms with Crippen LogP contribution >= 0.6 is 0 Å². The molecule has 0 radical (unpaired) electrons. The van der Waals surface area contributed by atoms with E-state index in [1.165, 1.54) is 7.05 Å². The van der Waals surface area contributed by atoms with Crippen LogP contribution in [-0.4, -0.2) is 50.9 Å². The van der Waals surface area contributed by atoms with Crippen molar-refractivity contribution in [2.75, 3.05) is 24.8 Å². The summed E-state index contributed by atoms with van der Waals surface area (Å²) >= 11 is 0. The van der Waals surface area contributed by atoms with Crippen LogP contribution in [0.2, 0.25) is 0 Å². The van der Waals surface area contributed by atoms with Gasteiger partial charge in [0.05, 0.1) is 24.0 Å². The molecule has 0 atom stereocenters. The first-order valence-corrected chi connectivity index (χ1v) is 10.3. The zero-order valence-corrected chi connectivity index (χ0v) is 17.9. The van der Waals surface area contributed by atoms with Gasteiger partial charge in [-0.1, -0.05) is 6.07 Å². The SMILES string of the molecule is CNC(=O)c1nnc(NC(=O)C2CC2)c2c1Nc1c(ccc(-c3ncn(C)n3)c1OC)C2. The van der Waals surface area contributed by atoms with Crippen molar-refractivity contribution >= 4 is 29.0 Å². The second-order valence-corrected chi connectivity index (χ2v) is 7.82. The maximum absolute atomic E-state index is 12.5. The van der Waals surface area contributed by atoms with Crippen molar-refractivity contribution in [3.63, 3.8) is 0 Å². The van der Waals surface area contributed by atoms with Crippen LogP contribution in [0, 0.1) is 5.92 Å². The summed E-state index contributed by atoms with van der Waals surface area (Å²) in [6.45, 7) is 0. The van der Waals surface area contributed by atoms with Gasteiger partial charge in [-0.05, 0) is 24.5 Å². The van der Waals surface area contributed by atoms with Crippen LogP contribution in [-0.2, 0) is 18.3 Å². The van der Waals surface area contributed by atoms with Crippen molar-refractivity contribution in [1.29, 1.82) is 0 Å². The number of hydrogen-bond acceptors (Lipinski definition) is 8. The molecule has 1 aromatic carbocycles. The molecule has 3 aromatic rings. The molecule has 5 rings (SSSR count). The highest BCUT2D eigenvalue weighted by molar-refractivity contribution is 6.02. The number of anilines is 3. The number of amides is 2. The van der Waals surface area contributed by atoms with Gasteiger partial charge in [-0.25, -0.2) is 4.98 Å². The maximum atomic E-state index is 12.5. The van der Waals surface area contributed by atoms with Gasteiger partial charge in [-0.3, -0.25) is 14.3 Å².